The molecule has 0 amide bonds. The molecule has 0 atom stereocenters. The van der Waals surface area contributed by atoms with Gasteiger partial charge in [0.2, 0.25) is 0 Å². The normalized spacial score (nSPS) is 22.3. The van der Waals surface area contributed by atoms with Gasteiger partial charge in [-0.05, 0) is 73.9 Å². The van der Waals surface area contributed by atoms with Gasteiger partial charge in [-0.1, -0.05) is 36.8 Å². The fourth-order valence-corrected chi connectivity index (χ4v) is 7.54. The van der Waals surface area contributed by atoms with Crippen LogP contribution < -0.4 is 0 Å². The number of benzene rings is 2. The number of carbonyl (C=O) groups is 2. The molecule has 6 nitrogen and oxygen atoms in total. The Hall–Kier alpha value is -2.66. The number of nitrogens with zero attached hydrogens (tertiary/aromatic N) is 3. The van der Waals surface area contributed by atoms with E-state index in [0.29, 0.717) is 36.5 Å². The predicted molar refractivity (Wildman–Crippen MR) is 160 cm³/mol. The average Bonchev–Trinajstić information content (AvgIpc) is 3.38. The van der Waals surface area contributed by atoms with E-state index in [1.165, 1.54) is 18.2 Å². The molecule has 2 aliphatic rings. The first-order chi connectivity index (χ1) is 20.2. The highest BCUT2D eigenvalue weighted by Gasteiger charge is 2.49. The second-order valence-electron chi connectivity index (χ2n) is 13.2. The summed E-state index contributed by atoms with van der Waals surface area (Å²) in [4.78, 5) is 29.3. The molecule has 1 saturated carbocycles. The molecule has 5 rings (SSSR count). The number of aromatic nitrogens is 2. The molecule has 1 aliphatic carbocycles. The van der Waals surface area contributed by atoms with Crippen LogP contribution in [0.1, 0.15) is 81.1 Å². The molecule has 43 heavy (non-hydrogen) atoms. The van der Waals surface area contributed by atoms with Crippen LogP contribution in [0.5, 0.6) is 0 Å². The molecule has 0 bridgehead atoms. The van der Waals surface area contributed by atoms with E-state index in [4.69, 9.17) is 11.6 Å². The summed E-state index contributed by atoms with van der Waals surface area (Å²) >= 11 is 7.05. The molecule has 1 N–H and O–H groups in total. The highest BCUT2D eigenvalue weighted by atomic mass is 35.5. The molecule has 1 aromatic heterocycles. The monoisotopic (exact) mass is 633 g/mol. The Kier molecular flexibility index (Phi) is 8.88. The topological polar surface area (TPSA) is 83.4 Å². The molecule has 11 heteroatoms. The zero-order valence-electron chi connectivity index (χ0n) is 24.4. The van der Waals surface area contributed by atoms with Gasteiger partial charge in [0.25, 0.3) is 0 Å². The highest BCUT2D eigenvalue weighted by molar-refractivity contribution is 7.16. The van der Waals surface area contributed by atoms with Crippen molar-refractivity contribution in [1.29, 1.82) is 0 Å². The molecule has 2 fully saturated rings. The van der Waals surface area contributed by atoms with Crippen molar-refractivity contribution in [3.8, 4) is 10.6 Å². The van der Waals surface area contributed by atoms with Crippen LogP contribution in [0.4, 0.5) is 13.2 Å². The minimum atomic E-state index is -0.816. The maximum Gasteiger partial charge on any atom is 0.194 e. The van der Waals surface area contributed by atoms with E-state index in [2.05, 4.69) is 15.1 Å². The molecule has 0 radical (unpaired) electrons. The Morgan fingerprint density at radius 1 is 1.05 bits per heavy atom. The summed E-state index contributed by atoms with van der Waals surface area (Å²) in [7, 11) is 0. The molecule has 1 saturated heterocycles. The molecule has 0 spiro atoms. The third-order valence-electron chi connectivity index (χ3n) is 8.86. The minimum Gasteiger partial charge on any atom is -0.390 e. The van der Waals surface area contributed by atoms with Crippen molar-refractivity contribution in [3.63, 3.8) is 0 Å². The van der Waals surface area contributed by atoms with Crippen molar-refractivity contribution >= 4 is 34.5 Å². The van der Waals surface area contributed by atoms with Gasteiger partial charge in [-0.25, -0.2) is 13.2 Å². The molecular weight excluding hydrogens is 599 g/mol. The summed E-state index contributed by atoms with van der Waals surface area (Å²) < 4.78 is 42.4. The van der Waals surface area contributed by atoms with Crippen LogP contribution in [0.3, 0.4) is 0 Å². The SMILES string of the molecule is CC1(O)CCC(N2CC(CC(=O)CC(C)(C)c3cc(Cl)ccc3F)(CC(=O)c3nnc(-c4ccc(F)cc4F)s3)C2)CC1. The molecule has 2 aromatic carbocycles. The summed E-state index contributed by atoms with van der Waals surface area (Å²) in [5.74, 6) is -2.33. The van der Waals surface area contributed by atoms with Gasteiger partial charge in [0.15, 0.2) is 15.8 Å². The number of halogens is 4. The van der Waals surface area contributed by atoms with Gasteiger partial charge >= 0.3 is 0 Å². The zero-order chi connectivity index (χ0) is 31.2. The van der Waals surface area contributed by atoms with E-state index in [1.807, 2.05) is 6.92 Å². The lowest BCUT2D eigenvalue weighted by Gasteiger charge is -2.54. The fourth-order valence-electron chi connectivity index (χ4n) is 6.56. The second kappa shape index (κ2) is 12.0. The third kappa shape index (κ3) is 7.19. The smallest absolute Gasteiger partial charge is 0.194 e. The quantitative estimate of drug-likeness (QED) is 0.238. The van der Waals surface area contributed by atoms with E-state index in [-0.39, 0.29) is 52.4 Å². The predicted octanol–water partition coefficient (Wildman–Crippen LogP) is 7.17. The van der Waals surface area contributed by atoms with Gasteiger partial charge < -0.3 is 5.11 Å². The van der Waals surface area contributed by atoms with Gasteiger partial charge in [-0.3, -0.25) is 14.5 Å². The molecular formula is C32H35ClF3N3O3S. The maximum absolute atomic E-state index is 14.7. The van der Waals surface area contributed by atoms with Crippen LogP contribution in [0.15, 0.2) is 36.4 Å². The van der Waals surface area contributed by atoms with Crippen LogP contribution in [0.25, 0.3) is 10.6 Å². The van der Waals surface area contributed by atoms with Crippen molar-refractivity contribution in [2.24, 2.45) is 5.41 Å². The molecule has 2 heterocycles. The summed E-state index contributed by atoms with van der Waals surface area (Å²) in [6.45, 7) is 6.51. The average molecular weight is 634 g/mol. The first-order valence-electron chi connectivity index (χ1n) is 14.4. The summed E-state index contributed by atoms with van der Waals surface area (Å²) in [5, 5.41) is 19.0. The second-order valence-corrected chi connectivity index (χ2v) is 14.6. The number of carbonyl (C=O) groups excluding carboxylic acids is 2. The number of likely N-dealkylation sites (tertiary alicyclic amines) is 1. The summed E-state index contributed by atoms with van der Waals surface area (Å²) in [6.07, 6.45) is 3.27. The van der Waals surface area contributed by atoms with Crippen molar-refractivity contribution in [3.05, 3.63) is 69.4 Å². The van der Waals surface area contributed by atoms with Gasteiger partial charge in [0.05, 0.1) is 5.60 Å². The standard InChI is InChI=1S/C32H35ClF3N3O3S/c1-30(2,24-12-19(33)4-7-25(24)35)14-22(40)15-32(17-39(18-32)21-8-10-31(3,42)11-9-21)16-27(41)29-38-37-28(43-29)23-6-5-20(34)13-26(23)36/h4-7,12-13,21,42H,8-11,14-18H2,1-3H3. The number of rotatable bonds is 10. The Labute approximate surface area is 258 Å². The number of aliphatic hydroxyl groups is 1. The fraction of sp³-hybridized carbons (Fsp3) is 0.500. The number of Topliss-reactive ketones (excluding diaryl/α,β-unsaturated/α-hetero) is 2. The van der Waals surface area contributed by atoms with E-state index in [0.717, 1.165) is 36.3 Å². The molecule has 0 unspecified atom stereocenters. The molecule has 230 valence electrons. The van der Waals surface area contributed by atoms with Crippen LogP contribution in [0, 0.1) is 22.9 Å². The van der Waals surface area contributed by atoms with Crippen molar-refractivity contribution < 1.29 is 27.9 Å². The van der Waals surface area contributed by atoms with Crippen molar-refractivity contribution in [2.75, 3.05) is 13.1 Å². The zero-order valence-corrected chi connectivity index (χ0v) is 26.0. The van der Waals surface area contributed by atoms with Gasteiger partial charge in [-0.2, -0.15) is 0 Å². The Morgan fingerprint density at radius 3 is 2.42 bits per heavy atom. The third-order valence-corrected chi connectivity index (χ3v) is 10.1. The lowest BCUT2D eigenvalue weighted by atomic mass is 9.68. The Bertz CT molecular complexity index is 1530. The number of ketones is 2. The maximum atomic E-state index is 14.7. The number of hydrogen-bond acceptors (Lipinski definition) is 7. The summed E-state index contributed by atoms with van der Waals surface area (Å²) in [6, 6.07) is 7.69. The highest BCUT2D eigenvalue weighted by Crippen LogP contribution is 2.45. The van der Waals surface area contributed by atoms with Gasteiger partial charge in [0, 0.05) is 60.5 Å². The summed E-state index contributed by atoms with van der Waals surface area (Å²) in [5.41, 5.74) is -1.73. The minimum absolute atomic E-state index is 0.0478. The van der Waals surface area contributed by atoms with Crippen LogP contribution >= 0.6 is 22.9 Å². The van der Waals surface area contributed by atoms with E-state index >= 15 is 0 Å². The van der Waals surface area contributed by atoms with E-state index in [9.17, 15) is 27.9 Å². The van der Waals surface area contributed by atoms with Crippen molar-refractivity contribution in [1.82, 2.24) is 15.1 Å². The van der Waals surface area contributed by atoms with E-state index in [1.54, 1.807) is 19.9 Å². The first kappa shape index (κ1) is 31.8. The molecule has 3 aromatic rings. The van der Waals surface area contributed by atoms with E-state index < -0.39 is 33.9 Å². The van der Waals surface area contributed by atoms with Gasteiger partial charge in [0.1, 0.15) is 23.2 Å². The van der Waals surface area contributed by atoms with Crippen molar-refractivity contribution in [2.45, 2.75) is 82.8 Å². The van der Waals surface area contributed by atoms with Crippen LogP contribution in [-0.2, 0) is 10.2 Å². The molecule has 1 aliphatic heterocycles. The Balaban J connectivity index is 1.33. The Morgan fingerprint density at radius 2 is 1.74 bits per heavy atom. The lowest BCUT2D eigenvalue weighted by Crippen LogP contribution is -2.62. The van der Waals surface area contributed by atoms with Crippen LogP contribution in [-0.4, -0.2) is 56.5 Å². The lowest BCUT2D eigenvalue weighted by molar-refractivity contribution is -0.128. The first-order valence-corrected chi connectivity index (χ1v) is 15.6. The number of hydrogen-bond donors (Lipinski definition) is 1. The van der Waals surface area contributed by atoms with Crippen LogP contribution in [0.2, 0.25) is 5.02 Å². The van der Waals surface area contributed by atoms with Gasteiger partial charge in [-0.15, -0.1) is 10.2 Å². The largest absolute Gasteiger partial charge is 0.390 e.